The molecule has 1 fully saturated rings. The molecule has 23 heavy (non-hydrogen) atoms. The molecule has 0 saturated carbocycles. The Hall–Kier alpha value is -1.84. The van der Waals surface area contributed by atoms with Gasteiger partial charge in [-0.3, -0.25) is 14.9 Å². The van der Waals surface area contributed by atoms with Crippen molar-refractivity contribution in [1.82, 2.24) is 5.32 Å². The predicted molar refractivity (Wildman–Crippen MR) is 88.8 cm³/mol. The molecule has 1 N–H and O–H groups in total. The molecule has 1 spiro atoms. The number of hydrogen-bond acceptors (Lipinski definition) is 2. The third-order valence-corrected chi connectivity index (χ3v) is 5.64. The van der Waals surface area contributed by atoms with Crippen molar-refractivity contribution in [2.45, 2.75) is 24.2 Å². The monoisotopic (exact) mass is 345 g/mol. The van der Waals surface area contributed by atoms with E-state index in [9.17, 15) is 9.59 Å². The highest BCUT2D eigenvalue weighted by Gasteiger charge is 2.54. The molecule has 2 aromatic carbocycles. The van der Waals surface area contributed by atoms with E-state index in [1.54, 1.807) is 6.07 Å². The Kier molecular flexibility index (Phi) is 3.26. The van der Waals surface area contributed by atoms with E-state index >= 15 is 0 Å². The maximum Gasteiger partial charge on any atom is 0.237 e. The highest BCUT2D eigenvalue weighted by molar-refractivity contribution is 6.42. The molecule has 0 radical (unpaired) electrons. The molecule has 116 valence electrons. The summed E-state index contributed by atoms with van der Waals surface area (Å²) in [7, 11) is 0. The molecule has 4 rings (SSSR count). The van der Waals surface area contributed by atoms with Crippen LogP contribution in [0.25, 0.3) is 0 Å². The number of halogens is 2. The summed E-state index contributed by atoms with van der Waals surface area (Å²) in [5.74, 6) is -0.380. The first kappa shape index (κ1) is 14.7. The van der Waals surface area contributed by atoms with Crippen LogP contribution in [0, 0.1) is 0 Å². The number of hydrogen-bond donors (Lipinski definition) is 1. The van der Waals surface area contributed by atoms with Crippen LogP contribution in [0.5, 0.6) is 0 Å². The number of fused-ring (bicyclic) bond motifs is 2. The lowest BCUT2D eigenvalue weighted by atomic mass is 9.79. The molecule has 2 aliphatic rings. The fourth-order valence-corrected chi connectivity index (χ4v) is 4.17. The van der Waals surface area contributed by atoms with E-state index in [1.165, 1.54) is 0 Å². The zero-order valence-electron chi connectivity index (χ0n) is 12.1. The van der Waals surface area contributed by atoms with Crippen LogP contribution in [0.3, 0.4) is 0 Å². The van der Waals surface area contributed by atoms with Crippen LogP contribution in [-0.2, 0) is 15.0 Å². The lowest BCUT2D eigenvalue weighted by Crippen LogP contribution is -2.33. The van der Waals surface area contributed by atoms with E-state index in [1.807, 2.05) is 36.4 Å². The van der Waals surface area contributed by atoms with Crippen molar-refractivity contribution < 1.29 is 9.59 Å². The third-order valence-electron chi connectivity index (χ3n) is 4.90. The molecule has 3 nitrogen and oxygen atoms in total. The highest BCUT2D eigenvalue weighted by atomic mass is 35.5. The van der Waals surface area contributed by atoms with Gasteiger partial charge >= 0.3 is 0 Å². The van der Waals surface area contributed by atoms with Crippen LogP contribution in [0.1, 0.15) is 35.4 Å². The van der Waals surface area contributed by atoms with Crippen molar-refractivity contribution in [2.75, 3.05) is 0 Å². The van der Waals surface area contributed by atoms with Gasteiger partial charge in [0.05, 0.1) is 15.5 Å². The summed E-state index contributed by atoms with van der Waals surface area (Å²) >= 11 is 12.2. The van der Waals surface area contributed by atoms with E-state index in [0.717, 1.165) is 16.7 Å². The molecular formula is C18H13Cl2NO2. The average Bonchev–Trinajstić information content (AvgIpc) is 3.01. The summed E-state index contributed by atoms with van der Waals surface area (Å²) in [6.07, 6.45) is 0.780. The fourth-order valence-electron chi connectivity index (χ4n) is 3.86. The minimum absolute atomic E-state index is 0.0256. The maximum atomic E-state index is 12.5. The second-order valence-electron chi connectivity index (χ2n) is 6.15. The van der Waals surface area contributed by atoms with Gasteiger partial charge in [0.1, 0.15) is 0 Å². The van der Waals surface area contributed by atoms with Crippen molar-refractivity contribution in [3.63, 3.8) is 0 Å². The van der Waals surface area contributed by atoms with E-state index < -0.39 is 5.41 Å². The van der Waals surface area contributed by atoms with Crippen molar-refractivity contribution in [2.24, 2.45) is 0 Å². The Morgan fingerprint density at radius 1 is 1.04 bits per heavy atom. The minimum atomic E-state index is -0.759. The smallest absolute Gasteiger partial charge is 0.237 e. The topological polar surface area (TPSA) is 46.2 Å². The van der Waals surface area contributed by atoms with Crippen LogP contribution < -0.4 is 5.32 Å². The lowest BCUT2D eigenvalue weighted by Gasteiger charge is -2.20. The Balaban J connectivity index is 1.86. The Bertz CT molecular complexity index is 849. The van der Waals surface area contributed by atoms with Gasteiger partial charge in [0.2, 0.25) is 11.8 Å². The molecule has 0 bridgehead atoms. The van der Waals surface area contributed by atoms with Gasteiger partial charge in [-0.2, -0.15) is 0 Å². The van der Waals surface area contributed by atoms with Gasteiger partial charge in [-0.05, 0) is 35.2 Å². The van der Waals surface area contributed by atoms with Gasteiger partial charge in [-0.25, -0.2) is 0 Å². The SMILES string of the molecule is O=C1C[C@@]2(C[C@H](c3ccc(Cl)c(Cl)c3)c3ccccc32)C(=O)N1. The zero-order chi connectivity index (χ0) is 16.2. The minimum Gasteiger partial charge on any atom is -0.296 e. The van der Waals surface area contributed by atoms with E-state index in [-0.39, 0.29) is 24.2 Å². The van der Waals surface area contributed by atoms with Crippen molar-refractivity contribution in [1.29, 1.82) is 0 Å². The maximum absolute atomic E-state index is 12.5. The Morgan fingerprint density at radius 2 is 1.83 bits per heavy atom. The molecule has 1 aliphatic carbocycles. The largest absolute Gasteiger partial charge is 0.296 e. The van der Waals surface area contributed by atoms with Crippen molar-refractivity contribution >= 4 is 35.0 Å². The average molecular weight is 346 g/mol. The third kappa shape index (κ3) is 2.11. The van der Waals surface area contributed by atoms with Gasteiger partial charge in [-0.15, -0.1) is 0 Å². The molecule has 2 amide bonds. The fraction of sp³-hybridized carbons (Fsp3) is 0.222. The number of nitrogens with one attached hydrogen (secondary N) is 1. The first-order valence-corrected chi connectivity index (χ1v) is 8.15. The van der Waals surface area contributed by atoms with Crippen molar-refractivity contribution in [3.05, 3.63) is 69.2 Å². The van der Waals surface area contributed by atoms with Crippen molar-refractivity contribution in [3.8, 4) is 0 Å². The van der Waals surface area contributed by atoms with Gasteiger partial charge in [0.15, 0.2) is 0 Å². The van der Waals surface area contributed by atoms with Gasteiger partial charge in [0.25, 0.3) is 0 Å². The summed E-state index contributed by atoms with van der Waals surface area (Å²) in [5, 5.41) is 3.46. The first-order chi connectivity index (χ1) is 11.0. The van der Waals surface area contributed by atoms with Crippen LogP contribution in [0.2, 0.25) is 10.0 Å². The number of rotatable bonds is 1. The summed E-state index contributed by atoms with van der Waals surface area (Å²) in [6.45, 7) is 0. The molecule has 5 heteroatoms. The first-order valence-electron chi connectivity index (χ1n) is 7.40. The molecule has 1 aliphatic heterocycles. The van der Waals surface area contributed by atoms with E-state index in [0.29, 0.717) is 16.5 Å². The number of carbonyl (C=O) groups is 2. The number of amides is 2. The molecule has 1 saturated heterocycles. The standard InChI is InChI=1S/C18H13Cl2NO2/c19-14-6-5-10(7-15(14)20)12-8-18(9-16(22)21-17(18)23)13-4-2-1-3-11(12)13/h1-7,12H,8-9H2,(H,21,22,23)/t12-,18-/m1/s1. The molecule has 0 aromatic heterocycles. The molecule has 2 atom stereocenters. The van der Waals surface area contributed by atoms with Gasteiger partial charge in [0, 0.05) is 12.3 Å². The Labute approximate surface area is 143 Å². The molecular weight excluding hydrogens is 333 g/mol. The second-order valence-corrected chi connectivity index (χ2v) is 6.97. The highest BCUT2D eigenvalue weighted by Crippen LogP contribution is 2.52. The van der Waals surface area contributed by atoms with Gasteiger partial charge < -0.3 is 0 Å². The van der Waals surface area contributed by atoms with E-state index in [4.69, 9.17) is 23.2 Å². The molecule has 0 unspecified atom stereocenters. The zero-order valence-corrected chi connectivity index (χ0v) is 13.6. The number of carbonyl (C=O) groups excluding carboxylic acids is 2. The summed E-state index contributed by atoms with van der Waals surface area (Å²) in [4.78, 5) is 24.3. The second kappa shape index (κ2) is 5.08. The summed E-state index contributed by atoms with van der Waals surface area (Å²) < 4.78 is 0. The normalized spacial score (nSPS) is 25.7. The molecule has 1 heterocycles. The summed E-state index contributed by atoms with van der Waals surface area (Å²) in [6, 6.07) is 13.4. The van der Waals surface area contributed by atoms with Crippen LogP contribution >= 0.6 is 23.2 Å². The van der Waals surface area contributed by atoms with Crippen LogP contribution in [0.4, 0.5) is 0 Å². The van der Waals surface area contributed by atoms with Crippen LogP contribution in [0.15, 0.2) is 42.5 Å². The quantitative estimate of drug-likeness (QED) is 0.798. The van der Waals surface area contributed by atoms with E-state index in [2.05, 4.69) is 5.32 Å². The lowest BCUT2D eigenvalue weighted by molar-refractivity contribution is -0.126. The molecule has 2 aromatic rings. The van der Waals surface area contributed by atoms with Crippen LogP contribution in [-0.4, -0.2) is 11.8 Å². The summed E-state index contributed by atoms with van der Waals surface area (Å²) in [5.41, 5.74) is 2.27. The Morgan fingerprint density at radius 3 is 2.52 bits per heavy atom. The number of imide groups is 1. The van der Waals surface area contributed by atoms with Gasteiger partial charge in [-0.1, -0.05) is 53.5 Å². The number of benzene rings is 2. The predicted octanol–water partition coefficient (Wildman–Crippen LogP) is 3.81.